The van der Waals surface area contributed by atoms with Gasteiger partial charge in [0, 0.05) is 32.7 Å². The number of pyridine rings is 1. The Kier molecular flexibility index (Phi) is 6.16. The molecule has 1 N–H and O–H groups in total. The maximum Gasteiger partial charge on any atom is 0.113 e. The summed E-state index contributed by atoms with van der Waals surface area (Å²) in [4.78, 5) is 9.15. The zero-order chi connectivity index (χ0) is 17.3. The molecule has 128 valence electrons. The van der Waals surface area contributed by atoms with E-state index in [1.54, 1.807) is 6.07 Å². The van der Waals surface area contributed by atoms with Gasteiger partial charge in [-0.05, 0) is 23.6 Å². The molecule has 0 radical (unpaired) electrons. The second kappa shape index (κ2) is 8.97. The molecular weight excluding hydrogens is 312 g/mol. The molecule has 0 spiro atoms. The highest BCUT2D eigenvalue weighted by Gasteiger charge is 2.15. The Balaban J connectivity index is 1.46. The molecule has 1 aromatic carbocycles. The first-order valence-electron chi connectivity index (χ1n) is 8.45. The molecule has 5 heteroatoms. The Morgan fingerprint density at radius 3 is 2.52 bits per heavy atom. The smallest absolute Gasteiger partial charge is 0.113 e. The molecule has 2 aromatic rings. The number of piperazine rings is 1. The largest absolute Gasteiger partial charge is 0.411 e. The van der Waals surface area contributed by atoms with Crippen LogP contribution in [0.5, 0.6) is 0 Å². The fourth-order valence-corrected chi connectivity index (χ4v) is 2.84. The summed E-state index contributed by atoms with van der Waals surface area (Å²) in [7, 11) is 0. The first-order chi connectivity index (χ1) is 12.3. The van der Waals surface area contributed by atoms with Crippen LogP contribution >= 0.6 is 0 Å². The summed E-state index contributed by atoms with van der Waals surface area (Å²) in [5.74, 6) is 6.28. The maximum atomic E-state index is 8.55. The zero-order valence-corrected chi connectivity index (χ0v) is 14.2. The van der Waals surface area contributed by atoms with Crippen LogP contribution in [0.15, 0.2) is 53.7 Å². The lowest BCUT2D eigenvalue weighted by atomic mass is 10.2. The molecule has 0 bridgehead atoms. The SMILES string of the molecule is O/N=C/c1cccc(C#CCN2CCN(Cc3ccccc3)CC2)n1. The van der Waals surface area contributed by atoms with Crippen molar-refractivity contribution >= 4 is 6.21 Å². The fraction of sp³-hybridized carbons (Fsp3) is 0.300. The van der Waals surface area contributed by atoms with Gasteiger partial charge < -0.3 is 5.21 Å². The predicted molar refractivity (Wildman–Crippen MR) is 98.7 cm³/mol. The Hall–Kier alpha value is -2.68. The Morgan fingerprint density at radius 1 is 1.00 bits per heavy atom. The van der Waals surface area contributed by atoms with Gasteiger partial charge in [-0.1, -0.05) is 47.5 Å². The van der Waals surface area contributed by atoms with Crippen molar-refractivity contribution in [1.29, 1.82) is 0 Å². The van der Waals surface area contributed by atoms with Crippen LogP contribution in [0, 0.1) is 11.8 Å². The lowest BCUT2D eigenvalue weighted by molar-refractivity contribution is 0.138. The minimum Gasteiger partial charge on any atom is -0.411 e. The molecule has 25 heavy (non-hydrogen) atoms. The van der Waals surface area contributed by atoms with E-state index < -0.39 is 0 Å². The van der Waals surface area contributed by atoms with E-state index in [1.807, 2.05) is 12.1 Å². The van der Waals surface area contributed by atoms with Crippen LogP contribution in [0.1, 0.15) is 17.0 Å². The van der Waals surface area contributed by atoms with E-state index in [4.69, 9.17) is 5.21 Å². The average Bonchev–Trinajstić information content (AvgIpc) is 2.65. The summed E-state index contributed by atoms with van der Waals surface area (Å²) in [6.07, 6.45) is 1.30. The van der Waals surface area contributed by atoms with Gasteiger partial charge in [0.2, 0.25) is 0 Å². The lowest BCUT2D eigenvalue weighted by Gasteiger charge is -2.33. The first-order valence-corrected chi connectivity index (χ1v) is 8.45. The van der Waals surface area contributed by atoms with Gasteiger partial charge in [0.25, 0.3) is 0 Å². The van der Waals surface area contributed by atoms with Crippen LogP contribution in [0.2, 0.25) is 0 Å². The molecule has 1 aliphatic rings. The van der Waals surface area contributed by atoms with Crippen molar-refractivity contribution in [2.24, 2.45) is 5.16 Å². The van der Waals surface area contributed by atoms with E-state index in [2.05, 4.69) is 62.1 Å². The molecular formula is C20H22N4O. The van der Waals surface area contributed by atoms with Gasteiger partial charge in [-0.2, -0.15) is 0 Å². The maximum absolute atomic E-state index is 8.55. The van der Waals surface area contributed by atoms with E-state index in [1.165, 1.54) is 11.8 Å². The molecule has 0 amide bonds. The summed E-state index contributed by atoms with van der Waals surface area (Å²) >= 11 is 0. The van der Waals surface area contributed by atoms with Crippen molar-refractivity contribution in [3.05, 3.63) is 65.5 Å². The molecule has 1 aromatic heterocycles. The highest BCUT2D eigenvalue weighted by atomic mass is 16.4. The summed E-state index contributed by atoms with van der Waals surface area (Å²) < 4.78 is 0. The molecule has 3 rings (SSSR count). The molecule has 1 aliphatic heterocycles. The summed E-state index contributed by atoms with van der Waals surface area (Å²) in [5, 5.41) is 11.5. The van der Waals surface area contributed by atoms with Crippen molar-refractivity contribution in [1.82, 2.24) is 14.8 Å². The molecule has 2 heterocycles. The second-order valence-corrected chi connectivity index (χ2v) is 6.03. The van der Waals surface area contributed by atoms with Crippen molar-refractivity contribution in [3.8, 4) is 11.8 Å². The summed E-state index contributed by atoms with van der Waals surface area (Å²) in [5.41, 5.74) is 2.66. The van der Waals surface area contributed by atoms with E-state index >= 15 is 0 Å². The van der Waals surface area contributed by atoms with Crippen molar-refractivity contribution in [2.75, 3.05) is 32.7 Å². The van der Waals surface area contributed by atoms with Crippen LogP contribution in [-0.2, 0) is 6.54 Å². The van der Waals surface area contributed by atoms with Crippen molar-refractivity contribution in [3.63, 3.8) is 0 Å². The Bertz CT molecular complexity index is 756. The third-order valence-electron chi connectivity index (χ3n) is 4.19. The van der Waals surface area contributed by atoms with Gasteiger partial charge >= 0.3 is 0 Å². The number of benzene rings is 1. The highest BCUT2D eigenvalue weighted by molar-refractivity contribution is 5.76. The van der Waals surface area contributed by atoms with Crippen molar-refractivity contribution in [2.45, 2.75) is 6.54 Å². The van der Waals surface area contributed by atoms with Crippen LogP contribution in [0.3, 0.4) is 0 Å². The second-order valence-electron chi connectivity index (χ2n) is 6.03. The molecule has 0 atom stereocenters. The summed E-state index contributed by atoms with van der Waals surface area (Å²) in [6.45, 7) is 5.97. The number of oxime groups is 1. The summed E-state index contributed by atoms with van der Waals surface area (Å²) in [6, 6.07) is 16.1. The minimum atomic E-state index is 0.601. The lowest BCUT2D eigenvalue weighted by Crippen LogP contribution is -2.45. The third-order valence-corrected chi connectivity index (χ3v) is 4.19. The number of hydrogen-bond donors (Lipinski definition) is 1. The average molecular weight is 334 g/mol. The van der Waals surface area contributed by atoms with Gasteiger partial charge in [0.15, 0.2) is 0 Å². The number of aromatic nitrogens is 1. The number of rotatable bonds is 4. The van der Waals surface area contributed by atoms with Gasteiger partial charge in [0.1, 0.15) is 5.69 Å². The number of nitrogens with zero attached hydrogens (tertiary/aromatic N) is 4. The van der Waals surface area contributed by atoms with Crippen LogP contribution < -0.4 is 0 Å². The van der Waals surface area contributed by atoms with Crippen LogP contribution in [-0.4, -0.2) is 58.9 Å². The normalized spacial score (nSPS) is 15.8. The molecule has 0 unspecified atom stereocenters. The van der Waals surface area contributed by atoms with Gasteiger partial charge in [-0.25, -0.2) is 4.98 Å². The highest BCUT2D eigenvalue weighted by Crippen LogP contribution is 2.08. The predicted octanol–water partition coefficient (Wildman–Crippen LogP) is 2.06. The van der Waals surface area contributed by atoms with Gasteiger partial charge in [-0.3, -0.25) is 9.80 Å². The van der Waals surface area contributed by atoms with Crippen LogP contribution in [0.25, 0.3) is 0 Å². The standard InChI is InChI=1S/C20H22N4O/c25-21-16-20-9-4-8-19(22-20)10-5-11-23-12-14-24(15-13-23)17-18-6-2-1-3-7-18/h1-4,6-9,16,25H,11-15,17H2/b21-16+. The molecule has 0 aliphatic carbocycles. The van der Waals surface area contributed by atoms with Gasteiger partial charge in [-0.15, -0.1) is 0 Å². The van der Waals surface area contributed by atoms with Crippen LogP contribution in [0.4, 0.5) is 0 Å². The van der Waals surface area contributed by atoms with E-state index in [0.717, 1.165) is 39.3 Å². The van der Waals surface area contributed by atoms with Crippen molar-refractivity contribution < 1.29 is 5.21 Å². The third kappa shape index (κ3) is 5.42. The molecule has 5 nitrogen and oxygen atoms in total. The topological polar surface area (TPSA) is 52.0 Å². The molecule has 0 saturated carbocycles. The first kappa shape index (κ1) is 17.2. The monoisotopic (exact) mass is 334 g/mol. The molecule has 1 fully saturated rings. The fourth-order valence-electron chi connectivity index (χ4n) is 2.84. The minimum absolute atomic E-state index is 0.601. The van der Waals surface area contributed by atoms with E-state index in [9.17, 15) is 0 Å². The molecule has 1 saturated heterocycles. The van der Waals surface area contributed by atoms with E-state index in [0.29, 0.717) is 11.4 Å². The zero-order valence-electron chi connectivity index (χ0n) is 14.2. The van der Waals surface area contributed by atoms with E-state index in [-0.39, 0.29) is 0 Å². The quantitative estimate of drug-likeness (QED) is 0.402. The Morgan fingerprint density at radius 2 is 1.76 bits per heavy atom. The number of hydrogen-bond acceptors (Lipinski definition) is 5. The van der Waals surface area contributed by atoms with Gasteiger partial charge in [0.05, 0.1) is 18.5 Å². The Labute approximate surface area is 148 Å².